The maximum absolute atomic E-state index is 8.94. The molecule has 0 radical (unpaired) electrons. The number of hydrogen-bond donors (Lipinski definition) is 1. The fraction of sp³-hybridized carbons (Fsp3) is 0.154. The number of aliphatic hydroxyl groups is 1. The van der Waals surface area contributed by atoms with E-state index < -0.39 is 0 Å². The lowest BCUT2D eigenvalue weighted by Crippen LogP contribution is -1.87. The zero-order valence-electron chi connectivity index (χ0n) is 9.05. The van der Waals surface area contributed by atoms with Gasteiger partial charge in [-0.05, 0) is 17.7 Å². The molecule has 0 saturated carbocycles. The molecule has 3 heteroatoms. The Morgan fingerprint density at radius 3 is 2.38 bits per heavy atom. The zero-order valence-corrected chi connectivity index (χ0v) is 9.05. The molecule has 0 aliphatic rings. The highest BCUT2D eigenvalue weighted by molar-refractivity contribution is 5.59. The summed E-state index contributed by atoms with van der Waals surface area (Å²) in [5.74, 6) is 0.746. The van der Waals surface area contributed by atoms with E-state index in [2.05, 4.69) is 4.98 Å². The van der Waals surface area contributed by atoms with Crippen molar-refractivity contribution < 1.29 is 9.84 Å². The number of aliphatic hydroxyl groups excluding tert-OH is 1. The summed E-state index contributed by atoms with van der Waals surface area (Å²) in [6.45, 7) is 0.0658. The second kappa shape index (κ2) is 4.77. The average Bonchev–Trinajstić information content (AvgIpc) is 2.39. The second-order valence-electron chi connectivity index (χ2n) is 3.44. The van der Waals surface area contributed by atoms with Crippen LogP contribution in [0.1, 0.15) is 5.56 Å². The van der Waals surface area contributed by atoms with Crippen LogP contribution < -0.4 is 4.74 Å². The Bertz CT molecular complexity index is 403. The number of methoxy groups -OCH3 is 1. The third kappa shape index (κ3) is 2.20. The molecule has 0 aliphatic carbocycles. The molecule has 0 saturated heterocycles. The summed E-state index contributed by atoms with van der Waals surface area (Å²) in [6.07, 6.45) is 1.69. The molecule has 1 aromatic carbocycles. The molecule has 3 nitrogen and oxygen atoms in total. The van der Waals surface area contributed by atoms with Crippen LogP contribution in [0.4, 0.5) is 0 Å². The van der Waals surface area contributed by atoms with Crippen molar-refractivity contribution in [2.45, 2.75) is 6.61 Å². The summed E-state index contributed by atoms with van der Waals surface area (Å²) >= 11 is 0. The Balaban J connectivity index is 2.28. The molecular weight excluding hydrogens is 202 g/mol. The van der Waals surface area contributed by atoms with E-state index in [9.17, 15) is 0 Å². The van der Waals surface area contributed by atoms with E-state index in [0.717, 1.165) is 22.6 Å². The van der Waals surface area contributed by atoms with Gasteiger partial charge in [0.1, 0.15) is 5.75 Å². The Morgan fingerprint density at radius 1 is 1.12 bits per heavy atom. The molecule has 0 spiro atoms. The van der Waals surface area contributed by atoms with E-state index in [1.165, 1.54) is 0 Å². The third-order valence-electron chi connectivity index (χ3n) is 2.40. The zero-order chi connectivity index (χ0) is 11.4. The maximum Gasteiger partial charge on any atom is 0.137 e. The van der Waals surface area contributed by atoms with Crippen molar-refractivity contribution in [2.75, 3.05) is 7.11 Å². The van der Waals surface area contributed by atoms with Crippen molar-refractivity contribution in [3.8, 4) is 17.0 Å². The molecule has 1 heterocycles. The van der Waals surface area contributed by atoms with Crippen molar-refractivity contribution in [2.24, 2.45) is 0 Å². The SMILES string of the molecule is COc1ccc(-c2ccc(CO)cc2)nc1. The van der Waals surface area contributed by atoms with Gasteiger partial charge in [-0.3, -0.25) is 4.98 Å². The molecule has 82 valence electrons. The summed E-state index contributed by atoms with van der Waals surface area (Å²) in [6, 6.07) is 11.5. The summed E-state index contributed by atoms with van der Waals surface area (Å²) in [7, 11) is 1.62. The van der Waals surface area contributed by atoms with Gasteiger partial charge < -0.3 is 9.84 Å². The molecule has 0 amide bonds. The number of rotatable bonds is 3. The van der Waals surface area contributed by atoms with Crippen molar-refractivity contribution in [1.82, 2.24) is 4.98 Å². The Hall–Kier alpha value is -1.87. The first-order chi connectivity index (χ1) is 7.83. The van der Waals surface area contributed by atoms with Crippen LogP contribution in [0.25, 0.3) is 11.3 Å². The maximum atomic E-state index is 8.94. The van der Waals surface area contributed by atoms with E-state index >= 15 is 0 Å². The number of benzene rings is 1. The lowest BCUT2D eigenvalue weighted by Gasteiger charge is -2.03. The van der Waals surface area contributed by atoms with Gasteiger partial charge in [0.15, 0.2) is 0 Å². The normalized spacial score (nSPS) is 10.1. The minimum atomic E-state index is 0.0658. The van der Waals surface area contributed by atoms with Gasteiger partial charge in [-0.15, -0.1) is 0 Å². The largest absolute Gasteiger partial charge is 0.495 e. The molecule has 0 bridgehead atoms. The van der Waals surface area contributed by atoms with Gasteiger partial charge in [0.05, 0.1) is 25.6 Å². The van der Waals surface area contributed by atoms with Gasteiger partial charge in [0.2, 0.25) is 0 Å². The van der Waals surface area contributed by atoms with Gasteiger partial charge in [0, 0.05) is 5.56 Å². The molecule has 16 heavy (non-hydrogen) atoms. The van der Waals surface area contributed by atoms with E-state index in [4.69, 9.17) is 9.84 Å². The molecule has 0 fully saturated rings. The van der Waals surface area contributed by atoms with Gasteiger partial charge in [-0.25, -0.2) is 0 Å². The van der Waals surface area contributed by atoms with E-state index in [0.29, 0.717) is 0 Å². The molecule has 2 rings (SSSR count). The first-order valence-electron chi connectivity index (χ1n) is 5.03. The van der Waals surface area contributed by atoms with Gasteiger partial charge in [0.25, 0.3) is 0 Å². The van der Waals surface area contributed by atoms with Crippen molar-refractivity contribution in [3.05, 3.63) is 48.2 Å². The van der Waals surface area contributed by atoms with Crippen LogP contribution in [-0.4, -0.2) is 17.2 Å². The van der Waals surface area contributed by atoms with Crippen molar-refractivity contribution in [1.29, 1.82) is 0 Å². The summed E-state index contributed by atoms with van der Waals surface area (Å²) in [5, 5.41) is 8.94. The topological polar surface area (TPSA) is 42.4 Å². The highest BCUT2D eigenvalue weighted by Gasteiger charge is 1.99. The van der Waals surface area contributed by atoms with Crippen molar-refractivity contribution >= 4 is 0 Å². The van der Waals surface area contributed by atoms with Crippen LogP contribution in [-0.2, 0) is 6.61 Å². The summed E-state index contributed by atoms with van der Waals surface area (Å²) < 4.78 is 5.05. The standard InChI is InChI=1S/C13H13NO2/c1-16-12-6-7-13(14-8-12)11-4-2-10(9-15)3-5-11/h2-8,15H,9H2,1H3. The monoisotopic (exact) mass is 215 g/mol. The van der Waals surface area contributed by atoms with Crippen molar-refractivity contribution in [3.63, 3.8) is 0 Å². The Labute approximate surface area is 94.3 Å². The molecule has 0 unspecified atom stereocenters. The predicted molar refractivity (Wildman–Crippen MR) is 62.1 cm³/mol. The van der Waals surface area contributed by atoms with Crippen LogP contribution in [0.2, 0.25) is 0 Å². The van der Waals surface area contributed by atoms with Crippen LogP contribution >= 0.6 is 0 Å². The molecule has 1 N–H and O–H groups in total. The highest BCUT2D eigenvalue weighted by atomic mass is 16.5. The lowest BCUT2D eigenvalue weighted by atomic mass is 10.1. The molecular formula is C13H13NO2. The minimum Gasteiger partial charge on any atom is -0.495 e. The quantitative estimate of drug-likeness (QED) is 0.853. The predicted octanol–water partition coefficient (Wildman–Crippen LogP) is 2.25. The Morgan fingerprint density at radius 2 is 1.88 bits per heavy atom. The smallest absolute Gasteiger partial charge is 0.137 e. The van der Waals surface area contributed by atoms with E-state index in [-0.39, 0.29) is 6.61 Å². The van der Waals surface area contributed by atoms with Crippen LogP contribution in [0, 0.1) is 0 Å². The molecule has 1 aromatic heterocycles. The number of ether oxygens (including phenoxy) is 1. The van der Waals surface area contributed by atoms with E-state index in [1.807, 2.05) is 36.4 Å². The summed E-state index contributed by atoms with van der Waals surface area (Å²) in [5.41, 5.74) is 2.82. The first kappa shape index (κ1) is 10.6. The van der Waals surface area contributed by atoms with Crippen LogP contribution in [0.15, 0.2) is 42.6 Å². The third-order valence-corrected chi connectivity index (χ3v) is 2.40. The lowest BCUT2D eigenvalue weighted by molar-refractivity contribution is 0.282. The van der Waals surface area contributed by atoms with E-state index in [1.54, 1.807) is 13.3 Å². The number of aromatic nitrogens is 1. The van der Waals surface area contributed by atoms with Crippen LogP contribution in [0.5, 0.6) is 5.75 Å². The fourth-order valence-electron chi connectivity index (χ4n) is 1.45. The van der Waals surface area contributed by atoms with Gasteiger partial charge in [-0.1, -0.05) is 24.3 Å². The molecule has 0 aliphatic heterocycles. The van der Waals surface area contributed by atoms with Gasteiger partial charge >= 0.3 is 0 Å². The number of hydrogen-bond acceptors (Lipinski definition) is 3. The molecule has 0 atom stereocenters. The first-order valence-corrected chi connectivity index (χ1v) is 5.03. The fourth-order valence-corrected chi connectivity index (χ4v) is 1.45. The highest BCUT2D eigenvalue weighted by Crippen LogP contribution is 2.19. The molecule has 2 aromatic rings. The average molecular weight is 215 g/mol. The minimum absolute atomic E-state index is 0.0658. The number of nitrogens with zero attached hydrogens (tertiary/aromatic N) is 1. The Kier molecular flexibility index (Phi) is 3.17. The summed E-state index contributed by atoms with van der Waals surface area (Å²) in [4.78, 5) is 4.29. The van der Waals surface area contributed by atoms with Gasteiger partial charge in [-0.2, -0.15) is 0 Å². The second-order valence-corrected chi connectivity index (χ2v) is 3.44. The van der Waals surface area contributed by atoms with Crippen LogP contribution in [0.3, 0.4) is 0 Å². The number of pyridine rings is 1.